The van der Waals surface area contributed by atoms with Gasteiger partial charge in [0.15, 0.2) is 17.7 Å². The van der Waals surface area contributed by atoms with Gasteiger partial charge in [0.25, 0.3) is 0 Å². The summed E-state index contributed by atoms with van der Waals surface area (Å²) >= 11 is 15.8. The number of allylic oxidation sites excluding steroid dienone is 1. The topological polar surface area (TPSA) is 140 Å². The smallest absolute Gasteiger partial charge is 0.337 e. The third kappa shape index (κ3) is 9.04. The molecule has 1 aliphatic rings. The van der Waals surface area contributed by atoms with E-state index in [1.165, 1.54) is 13.3 Å². The van der Waals surface area contributed by atoms with Crippen molar-refractivity contribution in [3.63, 3.8) is 0 Å². The van der Waals surface area contributed by atoms with Gasteiger partial charge < -0.3 is 34.7 Å². The molecule has 0 radical (unpaired) electrons. The molecule has 0 aliphatic carbocycles. The van der Waals surface area contributed by atoms with E-state index in [9.17, 15) is 14.7 Å². The number of carbonyl (C=O) groups excluding carboxylic acids is 2. The summed E-state index contributed by atoms with van der Waals surface area (Å²) in [6.07, 6.45) is 0.268. The number of rotatable bonds is 13. The number of nitrogens with one attached hydrogen (secondary N) is 3. The van der Waals surface area contributed by atoms with Crippen LogP contribution in [0.25, 0.3) is 0 Å². The Kier molecular flexibility index (Phi) is 11.9. The van der Waals surface area contributed by atoms with Crippen LogP contribution in [0.2, 0.25) is 10.0 Å². The Bertz CT molecular complexity index is 1620. The first-order valence-corrected chi connectivity index (χ1v) is 15.2. The van der Waals surface area contributed by atoms with Crippen molar-refractivity contribution in [1.29, 1.82) is 0 Å². The quantitative estimate of drug-likeness (QED) is 0.0746. The van der Waals surface area contributed by atoms with Gasteiger partial charge in [0, 0.05) is 21.3 Å². The third-order valence-corrected chi connectivity index (χ3v) is 7.45. The van der Waals surface area contributed by atoms with Crippen LogP contribution in [0.1, 0.15) is 36.6 Å². The first-order valence-electron chi connectivity index (χ1n) is 13.7. The van der Waals surface area contributed by atoms with Crippen LogP contribution in [0.5, 0.6) is 17.2 Å². The van der Waals surface area contributed by atoms with Crippen LogP contribution in [0.4, 0.5) is 4.79 Å². The van der Waals surface area contributed by atoms with E-state index >= 15 is 0 Å². The average molecular weight is 722 g/mol. The molecular weight excluding hydrogens is 691 g/mol. The van der Waals surface area contributed by atoms with E-state index in [4.69, 9.17) is 42.1 Å². The lowest BCUT2D eigenvalue weighted by Gasteiger charge is -2.28. The number of esters is 1. The SMILES string of the molecule is CCOc1cc([C@@H]2NC(=O)NC(C)=C2C(=O)OC)ccc1OC[C@@H](O)N/N=C/c1cc(Cl)cc(Br)c1OCc1cccc(Cl)c1. The molecule has 238 valence electrons. The summed E-state index contributed by atoms with van der Waals surface area (Å²) in [6, 6.07) is 14.5. The van der Waals surface area contributed by atoms with Gasteiger partial charge in [-0.1, -0.05) is 41.4 Å². The second-order valence-electron chi connectivity index (χ2n) is 9.64. The number of hydrazone groups is 1. The average Bonchev–Trinajstić information content (AvgIpc) is 2.99. The van der Waals surface area contributed by atoms with Crippen molar-refractivity contribution in [2.45, 2.75) is 32.7 Å². The molecule has 4 N–H and O–H groups in total. The van der Waals surface area contributed by atoms with Gasteiger partial charge >= 0.3 is 12.0 Å². The Balaban J connectivity index is 1.43. The summed E-state index contributed by atoms with van der Waals surface area (Å²) in [5.41, 5.74) is 5.27. The highest BCUT2D eigenvalue weighted by Crippen LogP contribution is 2.35. The Morgan fingerprint density at radius 1 is 1.11 bits per heavy atom. The van der Waals surface area contributed by atoms with Gasteiger partial charge in [-0.2, -0.15) is 5.10 Å². The van der Waals surface area contributed by atoms with Gasteiger partial charge in [-0.3, -0.25) is 5.43 Å². The van der Waals surface area contributed by atoms with Crippen LogP contribution in [0.15, 0.2) is 75.4 Å². The fourth-order valence-corrected chi connectivity index (χ4v) is 5.59. The molecule has 3 aromatic rings. The first-order chi connectivity index (χ1) is 21.6. The zero-order valence-electron chi connectivity index (χ0n) is 24.5. The standard InChI is InChI=1S/C31H31BrCl2N4O7/c1-4-43-25-12-19(28-27(30(40)42-3)17(2)36-31(41)37-28)8-9-24(25)44-16-26(39)38-35-14-20-11-22(34)13-23(32)29(20)45-15-18-6-5-7-21(33)10-18/h5-14,26,28,38-39H,4,15-16H2,1-3H3,(H2,36,37,41)/b35-14+/t26-,28+/m1/s1. The maximum atomic E-state index is 12.5. The molecule has 0 unspecified atom stereocenters. The van der Waals surface area contributed by atoms with Crippen molar-refractivity contribution in [3.05, 3.63) is 97.1 Å². The molecule has 0 saturated heterocycles. The number of aliphatic hydroxyl groups is 1. The number of urea groups is 1. The number of amides is 2. The summed E-state index contributed by atoms with van der Waals surface area (Å²) in [6.45, 7) is 3.81. The molecule has 2 atom stereocenters. The molecule has 3 aromatic carbocycles. The van der Waals surface area contributed by atoms with Crippen LogP contribution >= 0.6 is 39.1 Å². The fourth-order valence-electron chi connectivity index (χ4n) is 4.43. The third-order valence-electron chi connectivity index (χ3n) is 6.41. The van der Waals surface area contributed by atoms with Crippen molar-refractivity contribution in [3.8, 4) is 17.2 Å². The van der Waals surface area contributed by atoms with E-state index in [1.54, 1.807) is 50.2 Å². The second kappa shape index (κ2) is 15.8. The minimum absolute atomic E-state index is 0.190. The highest BCUT2D eigenvalue weighted by Gasteiger charge is 2.32. The normalized spacial score (nSPS) is 15.3. The van der Waals surface area contributed by atoms with E-state index < -0.39 is 24.3 Å². The van der Waals surface area contributed by atoms with Crippen LogP contribution in [0, 0.1) is 0 Å². The van der Waals surface area contributed by atoms with E-state index in [0.29, 0.717) is 55.2 Å². The van der Waals surface area contributed by atoms with Gasteiger partial charge in [-0.05, 0) is 77.3 Å². The largest absolute Gasteiger partial charge is 0.490 e. The van der Waals surface area contributed by atoms with Gasteiger partial charge in [0.05, 0.1) is 36.0 Å². The second-order valence-corrected chi connectivity index (χ2v) is 11.4. The van der Waals surface area contributed by atoms with Gasteiger partial charge in [-0.25, -0.2) is 9.59 Å². The molecule has 14 heteroatoms. The monoisotopic (exact) mass is 720 g/mol. The summed E-state index contributed by atoms with van der Waals surface area (Å²) in [4.78, 5) is 24.6. The van der Waals surface area contributed by atoms with Crippen LogP contribution < -0.4 is 30.3 Å². The first kappa shape index (κ1) is 33.9. The molecule has 0 spiro atoms. The number of hydrogen-bond donors (Lipinski definition) is 4. The lowest BCUT2D eigenvalue weighted by Crippen LogP contribution is -2.45. The van der Waals surface area contributed by atoms with Crippen molar-refractivity contribution in [2.24, 2.45) is 5.10 Å². The molecule has 45 heavy (non-hydrogen) atoms. The number of ether oxygens (including phenoxy) is 4. The number of benzene rings is 3. The number of aliphatic hydroxyl groups excluding tert-OH is 1. The van der Waals surface area contributed by atoms with E-state index in [1.807, 2.05) is 18.2 Å². The summed E-state index contributed by atoms with van der Waals surface area (Å²) < 4.78 is 23.1. The minimum Gasteiger partial charge on any atom is -0.490 e. The molecule has 11 nitrogen and oxygen atoms in total. The van der Waals surface area contributed by atoms with Gasteiger partial charge in [-0.15, -0.1) is 0 Å². The van der Waals surface area contributed by atoms with Crippen LogP contribution in [0.3, 0.4) is 0 Å². The van der Waals surface area contributed by atoms with E-state index in [-0.39, 0.29) is 18.8 Å². The molecule has 1 heterocycles. The number of halogens is 3. The van der Waals surface area contributed by atoms with Gasteiger partial charge in [0.1, 0.15) is 19.0 Å². The lowest BCUT2D eigenvalue weighted by molar-refractivity contribution is -0.136. The Morgan fingerprint density at radius 2 is 1.91 bits per heavy atom. The fraction of sp³-hybridized carbons (Fsp3) is 0.258. The number of hydrogen-bond acceptors (Lipinski definition) is 9. The molecule has 0 aromatic heterocycles. The highest BCUT2D eigenvalue weighted by atomic mass is 79.9. The summed E-state index contributed by atoms with van der Waals surface area (Å²) in [5, 5.41) is 21.0. The Morgan fingerprint density at radius 3 is 2.64 bits per heavy atom. The van der Waals surface area contributed by atoms with Crippen molar-refractivity contribution < 1.29 is 33.6 Å². The predicted octanol–water partition coefficient (Wildman–Crippen LogP) is 5.86. The van der Waals surface area contributed by atoms with E-state index in [0.717, 1.165) is 5.56 Å². The molecule has 0 saturated carbocycles. The molecule has 2 amide bonds. The Hall–Kier alpha value is -3.97. The summed E-state index contributed by atoms with van der Waals surface area (Å²) in [7, 11) is 1.27. The maximum Gasteiger partial charge on any atom is 0.337 e. The van der Waals surface area contributed by atoms with Crippen LogP contribution in [-0.4, -0.2) is 49.9 Å². The number of methoxy groups -OCH3 is 1. The Labute approximate surface area is 278 Å². The number of nitrogens with zero attached hydrogens (tertiary/aromatic N) is 1. The zero-order chi connectivity index (χ0) is 32.5. The molecule has 0 bridgehead atoms. The molecule has 4 rings (SSSR count). The molecule has 0 fully saturated rings. The lowest BCUT2D eigenvalue weighted by atomic mass is 9.95. The highest BCUT2D eigenvalue weighted by molar-refractivity contribution is 9.10. The molecular formula is C31H31BrCl2N4O7. The van der Waals surface area contributed by atoms with Crippen molar-refractivity contribution in [2.75, 3.05) is 20.3 Å². The van der Waals surface area contributed by atoms with Crippen molar-refractivity contribution in [1.82, 2.24) is 16.1 Å². The number of carbonyl (C=O) groups is 2. The van der Waals surface area contributed by atoms with E-state index in [2.05, 4.69) is 37.1 Å². The zero-order valence-corrected chi connectivity index (χ0v) is 27.6. The van der Waals surface area contributed by atoms with Gasteiger partial charge in [0.2, 0.25) is 0 Å². The minimum atomic E-state index is -1.20. The predicted molar refractivity (Wildman–Crippen MR) is 174 cm³/mol. The maximum absolute atomic E-state index is 12.5. The molecule has 1 aliphatic heterocycles. The summed E-state index contributed by atoms with van der Waals surface area (Å²) in [5.74, 6) is 0.609. The van der Waals surface area contributed by atoms with Crippen molar-refractivity contribution >= 4 is 57.3 Å². The van der Waals surface area contributed by atoms with Crippen LogP contribution in [-0.2, 0) is 16.1 Å².